The number of nitrogens with zero attached hydrogens (tertiary/aromatic N) is 1. The first kappa shape index (κ1) is 21.8. The van der Waals surface area contributed by atoms with Crippen LogP contribution in [0.5, 0.6) is 5.75 Å². The molecule has 0 saturated carbocycles. The van der Waals surface area contributed by atoms with Crippen molar-refractivity contribution in [1.82, 2.24) is 0 Å². The Hall–Kier alpha value is -1.85. The fraction of sp³-hybridized carbons (Fsp3) is 0.150. The zero-order chi connectivity index (χ0) is 21.0. The Balaban J connectivity index is 1.81. The molecule has 29 heavy (non-hydrogen) atoms. The Morgan fingerprint density at radius 2 is 1.97 bits per heavy atom. The minimum Gasteiger partial charge on any atom is -0.480 e. The van der Waals surface area contributed by atoms with Gasteiger partial charge in [-0.2, -0.15) is 0 Å². The molecule has 2 amide bonds. The number of ether oxygens (including phenoxy) is 2. The first-order valence-corrected chi connectivity index (χ1v) is 11.2. The molecule has 150 valence electrons. The highest BCUT2D eigenvalue weighted by Gasteiger charge is 2.36. The molecule has 1 heterocycles. The van der Waals surface area contributed by atoms with Gasteiger partial charge in [-0.3, -0.25) is 9.59 Å². The molecule has 3 rings (SSSR count). The van der Waals surface area contributed by atoms with Crippen LogP contribution in [-0.2, 0) is 14.3 Å². The first-order chi connectivity index (χ1) is 13.9. The Morgan fingerprint density at radius 3 is 2.62 bits per heavy atom. The lowest BCUT2D eigenvalue weighted by molar-refractivity contribution is -0.145. The van der Waals surface area contributed by atoms with Crippen molar-refractivity contribution in [2.45, 2.75) is 6.92 Å². The van der Waals surface area contributed by atoms with Gasteiger partial charge < -0.3 is 9.47 Å². The molecule has 2 aromatic carbocycles. The van der Waals surface area contributed by atoms with Crippen molar-refractivity contribution in [3.05, 3.63) is 61.0 Å². The van der Waals surface area contributed by atoms with E-state index >= 15 is 0 Å². The normalized spacial score (nSPS) is 15.1. The van der Waals surface area contributed by atoms with Crippen molar-refractivity contribution >= 4 is 79.2 Å². The van der Waals surface area contributed by atoms with Crippen molar-refractivity contribution in [2.24, 2.45) is 0 Å². The number of hydrogen-bond donors (Lipinski definition) is 0. The van der Waals surface area contributed by atoms with Gasteiger partial charge in [0, 0.05) is 0 Å². The number of halogens is 2. The third-order valence-corrected chi connectivity index (χ3v) is 6.03. The van der Waals surface area contributed by atoms with Gasteiger partial charge in [0.25, 0.3) is 11.1 Å². The largest absolute Gasteiger partial charge is 0.480 e. The molecule has 6 nitrogen and oxygen atoms in total. The number of hydrogen-bond acceptors (Lipinski definition) is 6. The van der Waals surface area contributed by atoms with E-state index in [1.165, 1.54) is 0 Å². The summed E-state index contributed by atoms with van der Waals surface area (Å²) in [5, 5.41) is -0.337. The second kappa shape index (κ2) is 9.77. The highest BCUT2D eigenvalue weighted by atomic mass is 127. The number of anilines is 1. The van der Waals surface area contributed by atoms with E-state index in [0.29, 0.717) is 20.8 Å². The molecule has 2 aromatic rings. The van der Waals surface area contributed by atoms with E-state index in [0.717, 1.165) is 25.8 Å². The summed E-state index contributed by atoms with van der Waals surface area (Å²) >= 11 is 6.41. The van der Waals surface area contributed by atoms with Crippen molar-refractivity contribution in [3.8, 4) is 5.75 Å². The van der Waals surface area contributed by atoms with E-state index < -0.39 is 5.97 Å². The van der Waals surface area contributed by atoms with Gasteiger partial charge in [-0.15, -0.1) is 0 Å². The van der Waals surface area contributed by atoms with Crippen LogP contribution >= 0.6 is 50.3 Å². The number of rotatable bonds is 6. The van der Waals surface area contributed by atoms with Gasteiger partial charge in [0.2, 0.25) is 0 Å². The number of para-hydroxylation sites is 1. The lowest BCUT2D eigenvalue weighted by Crippen LogP contribution is -2.27. The second-order valence-electron chi connectivity index (χ2n) is 5.76. The predicted molar refractivity (Wildman–Crippen MR) is 124 cm³/mol. The average Bonchev–Trinajstić information content (AvgIpc) is 2.95. The van der Waals surface area contributed by atoms with Crippen LogP contribution in [0.4, 0.5) is 10.5 Å². The molecule has 1 saturated heterocycles. The predicted octanol–water partition coefficient (Wildman–Crippen LogP) is 5.24. The summed E-state index contributed by atoms with van der Waals surface area (Å²) in [5.41, 5.74) is 1.26. The van der Waals surface area contributed by atoms with Crippen LogP contribution in [-0.4, -0.2) is 30.3 Å². The molecule has 0 radical (unpaired) electrons. The third kappa shape index (κ3) is 5.20. The van der Waals surface area contributed by atoms with Crippen LogP contribution in [0.25, 0.3) is 6.08 Å². The molecule has 1 aliphatic heterocycles. The maximum Gasteiger partial charge on any atom is 0.344 e. The lowest BCUT2D eigenvalue weighted by atomic mass is 10.2. The number of imide groups is 1. The van der Waals surface area contributed by atoms with Gasteiger partial charge in [-0.1, -0.05) is 18.2 Å². The molecule has 0 bridgehead atoms. The standard InChI is InChI=1S/C20H15BrINO5S/c1-2-27-17(24)11-28-18-14(21)8-12(9-15(18)22)10-16-19(25)23(20(26)29-16)13-6-4-3-5-7-13/h3-10H,2,11H2,1H3/b16-10-. The van der Waals surface area contributed by atoms with E-state index in [2.05, 4.69) is 38.5 Å². The van der Waals surface area contributed by atoms with Gasteiger partial charge in [-0.25, -0.2) is 9.69 Å². The monoisotopic (exact) mass is 587 g/mol. The maximum absolute atomic E-state index is 12.7. The first-order valence-electron chi connectivity index (χ1n) is 8.51. The minimum atomic E-state index is -0.450. The van der Waals surface area contributed by atoms with Crippen LogP contribution < -0.4 is 9.64 Å². The fourth-order valence-corrected chi connectivity index (χ4v) is 5.16. The third-order valence-electron chi connectivity index (χ3n) is 3.77. The molecular formula is C20H15BrINO5S. The Bertz CT molecular complexity index is 973. The van der Waals surface area contributed by atoms with Crippen LogP contribution in [0, 0.1) is 3.57 Å². The molecule has 1 fully saturated rings. The smallest absolute Gasteiger partial charge is 0.344 e. The van der Waals surface area contributed by atoms with Gasteiger partial charge in [0.15, 0.2) is 6.61 Å². The summed E-state index contributed by atoms with van der Waals surface area (Å²) in [4.78, 5) is 38.0. The highest BCUT2D eigenvalue weighted by Crippen LogP contribution is 2.37. The SMILES string of the molecule is CCOC(=O)COc1c(Br)cc(/C=C2\SC(=O)N(c3ccccc3)C2=O)cc1I. The lowest BCUT2D eigenvalue weighted by Gasteiger charge is -2.12. The zero-order valence-electron chi connectivity index (χ0n) is 15.2. The molecule has 0 spiro atoms. The molecule has 9 heteroatoms. The average molecular weight is 588 g/mol. The summed E-state index contributed by atoms with van der Waals surface area (Å²) in [5.74, 6) is -0.304. The van der Waals surface area contributed by atoms with E-state index in [4.69, 9.17) is 9.47 Å². The van der Waals surface area contributed by atoms with Crippen molar-refractivity contribution in [2.75, 3.05) is 18.1 Å². The summed E-state index contributed by atoms with van der Waals surface area (Å²) < 4.78 is 11.8. The van der Waals surface area contributed by atoms with Crippen LogP contribution in [0.2, 0.25) is 0 Å². The van der Waals surface area contributed by atoms with Crippen molar-refractivity contribution in [1.29, 1.82) is 0 Å². The van der Waals surface area contributed by atoms with Gasteiger partial charge in [0.05, 0.1) is 25.2 Å². The number of benzene rings is 2. The fourth-order valence-electron chi connectivity index (χ4n) is 2.55. The summed E-state index contributed by atoms with van der Waals surface area (Å²) in [6.07, 6.45) is 1.66. The molecule has 1 aliphatic rings. The molecule has 0 N–H and O–H groups in total. The van der Waals surface area contributed by atoms with Crippen LogP contribution in [0.1, 0.15) is 12.5 Å². The molecule has 0 atom stereocenters. The zero-order valence-corrected chi connectivity index (χ0v) is 19.7. The topological polar surface area (TPSA) is 72.9 Å². The van der Waals surface area contributed by atoms with Gasteiger partial charge in [-0.05, 0) is 93.1 Å². The van der Waals surface area contributed by atoms with Gasteiger partial charge >= 0.3 is 5.97 Å². The quantitative estimate of drug-likeness (QED) is 0.262. The van der Waals surface area contributed by atoms with Gasteiger partial charge in [0.1, 0.15) is 5.75 Å². The Labute approximate surface area is 193 Å². The summed E-state index contributed by atoms with van der Waals surface area (Å²) in [6.45, 7) is 1.82. The van der Waals surface area contributed by atoms with Crippen LogP contribution in [0.3, 0.4) is 0 Å². The number of carbonyl (C=O) groups is 3. The van der Waals surface area contributed by atoms with Crippen molar-refractivity contribution in [3.63, 3.8) is 0 Å². The Kier molecular flexibility index (Phi) is 7.36. The molecule has 0 aromatic heterocycles. The number of carbonyl (C=O) groups excluding carboxylic acids is 3. The second-order valence-corrected chi connectivity index (χ2v) is 8.77. The Morgan fingerprint density at radius 1 is 1.24 bits per heavy atom. The number of thioether (sulfide) groups is 1. The molecule has 0 unspecified atom stereocenters. The van der Waals surface area contributed by atoms with E-state index in [-0.39, 0.29) is 24.4 Å². The summed E-state index contributed by atoms with van der Waals surface area (Å²) in [6, 6.07) is 12.4. The number of amides is 2. The summed E-state index contributed by atoms with van der Waals surface area (Å²) in [7, 11) is 0. The van der Waals surface area contributed by atoms with Crippen molar-refractivity contribution < 1.29 is 23.9 Å². The van der Waals surface area contributed by atoms with E-state index in [9.17, 15) is 14.4 Å². The molecular weight excluding hydrogens is 573 g/mol. The van der Waals surface area contributed by atoms with E-state index in [1.54, 1.807) is 43.3 Å². The van der Waals surface area contributed by atoms with Crippen LogP contribution in [0.15, 0.2) is 51.8 Å². The maximum atomic E-state index is 12.7. The highest BCUT2D eigenvalue weighted by molar-refractivity contribution is 14.1. The number of esters is 1. The minimum absolute atomic E-state index is 0.197. The van der Waals surface area contributed by atoms with E-state index in [1.807, 2.05) is 12.1 Å². The molecule has 0 aliphatic carbocycles.